The lowest BCUT2D eigenvalue weighted by molar-refractivity contribution is -0.121. The highest BCUT2D eigenvalue weighted by Gasteiger charge is 2.30. The van der Waals surface area contributed by atoms with Crippen LogP contribution in [-0.2, 0) is 9.59 Å². The predicted octanol–water partition coefficient (Wildman–Crippen LogP) is 1.94. The summed E-state index contributed by atoms with van der Waals surface area (Å²) in [6.45, 7) is 2.07. The first kappa shape index (κ1) is 18.1. The fourth-order valence-electron chi connectivity index (χ4n) is 2.44. The molecule has 2 amide bonds. The van der Waals surface area contributed by atoms with Crippen molar-refractivity contribution in [1.82, 2.24) is 0 Å². The third kappa shape index (κ3) is 4.67. The van der Waals surface area contributed by atoms with Crippen LogP contribution in [0.15, 0.2) is 53.5 Å². The van der Waals surface area contributed by atoms with Crippen molar-refractivity contribution in [3.8, 4) is 5.75 Å². The molecule has 6 nitrogen and oxygen atoms in total. The van der Waals surface area contributed by atoms with Crippen molar-refractivity contribution in [2.75, 3.05) is 10.6 Å². The number of carbonyl (C=O) groups excluding carboxylic acids is 2. The van der Waals surface area contributed by atoms with Crippen LogP contribution in [0.4, 0.5) is 11.4 Å². The van der Waals surface area contributed by atoms with Crippen LogP contribution in [-0.4, -0.2) is 34.6 Å². The number of phenolic OH excluding ortho intramolecular Hbond substituents is 1. The minimum absolute atomic E-state index is 0.0588. The molecular formula is C18H18BN3O3S. The third-order valence-corrected chi connectivity index (χ3v) is 4.95. The molecule has 1 aliphatic rings. The molecule has 8 heteroatoms. The zero-order valence-corrected chi connectivity index (χ0v) is 15.0. The van der Waals surface area contributed by atoms with Crippen LogP contribution in [0.1, 0.15) is 6.42 Å². The summed E-state index contributed by atoms with van der Waals surface area (Å²) >= 11 is 1.23. The van der Waals surface area contributed by atoms with E-state index in [-0.39, 0.29) is 24.0 Å². The molecule has 0 radical (unpaired) electrons. The average Bonchev–Trinajstić information content (AvgIpc) is 2.96. The SMILES string of the molecule is CBc1ccc(NC(=O)CC2SC(Nc3ccc(O)cc3)=NC2=O)cc1. The van der Waals surface area contributed by atoms with Gasteiger partial charge in [0.1, 0.15) is 11.0 Å². The van der Waals surface area contributed by atoms with Crippen molar-refractivity contribution in [2.45, 2.75) is 18.5 Å². The summed E-state index contributed by atoms with van der Waals surface area (Å²) in [6.07, 6.45) is 0.0588. The van der Waals surface area contributed by atoms with E-state index in [1.807, 2.05) is 24.3 Å². The Kier molecular flexibility index (Phi) is 5.63. The van der Waals surface area contributed by atoms with Crippen molar-refractivity contribution >= 4 is 52.9 Å². The first-order valence-corrected chi connectivity index (χ1v) is 9.15. The highest BCUT2D eigenvalue weighted by molar-refractivity contribution is 8.15. The van der Waals surface area contributed by atoms with Crippen molar-refractivity contribution in [1.29, 1.82) is 0 Å². The fourth-order valence-corrected chi connectivity index (χ4v) is 3.42. The number of carbonyl (C=O) groups is 2. The van der Waals surface area contributed by atoms with Crippen LogP contribution in [0.5, 0.6) is 5.75 Å². The summed E-state index contributed by atoms with van der Waals surface area (Å²) in [5.74, 6) is -0.386. The summed E-state index contributed by atoms with van der Waals surface area (Å²) in [5.41, 5.74) is 2.62. The largest absolute Gasteiger partial charge is 0.508 e. The molecule has 0 aliphatic carbocycles. The zero-order chi connectivity index (χ0) is 18.5. The second-order valence-corrected chi connectivity index (χ2v) is 7.03. The van der Waals surface area contributed by atoms with Crippen LogP contribution in [0.3, 0.4) is 0 Å². The number of nitrogens with zero attached hydrogens (tertiary/aromatic N) is 1. The summed E-state index contributed by atoms with van der Waals surface area (Å²) in [5, 5.41) is 15.0. The number of thioether (sulfide) groups is 1. The molecule has 1 atom stereocenters. The van der Waals surface area contributed by atoms with Gasteiger partial charge in [-0.1, -0.05) is 36.2 Å². The lowest BCUT2D eigenvalue weighted by Crippen LogP contribution is -2.22. The minimum Gasteiger partial charge on any atom is -0.508 e. The first-order valence-electron chi connectivity index (χ1n) is 8.27. The summed E-state index contributed by atoms with van der Waals surface area (Å²) in [7, 11) is 0.940. The number of hydrogen-bond donors (Lipinski definition) is 3. The van der Waals surface area contributed by atoms with Crippen molar-refractivity contribution < 1.29 is 14.7 Å². The monoisotopic (exact) mass is 367 g/mol. The topological polar surface area (TPSA) is 90.8 Å². The van der Waals surface area contributed by atoms with E-state index in [4.69, 9.17) is 0 Å². The van der Waals surface area contributed by atoms with Crippen LogP contribution in [0, 0.1) is 0 Å². The van der Waals surface area contributed by atoms with E-state index in [1.54, 1.807) is 24.3 Å². The van der Waals surface area contributed by atoms with Gasteiger partial charge in [-0.15, -0.1) is 0 Å². The molecule has 0 fully saturated rings. The molecule has 0 saturated carbocycles. The molecule has 0 bridgehead atoms. The number of anilines is 2. The summed E-state index contributed by atoms with van der Waals surface area (Å²) in [6, 6.07) is 14.1. The normalized spacial score (nSPS) is 16.1. The number of phenols is 1. The van der Waals surface area contributed by atoms with Gasteiger partial charge in [0.2, 0.25) is 5.91 Å². The van der Waals surface area contributed by atoms with E-state index in [9.17, 15) is 14.7 Å². The number of nitrogens with one attached hydrogen (secondary N) is 2. The van der Waals surface area contributed by atoms with Crippen molar-refractivity contribution in [2.24, 2.45) is 4.99 Å². The van der Waals surface area contributed by atoms with E-state index >= 15 is 0 Å². The molecule has 1 unspecified atom stereocenters. The quantitative estimate of drug-likeness (QED) is 0.555. The highest BCUT2D eigenvalue weighted by Crippen LogP contribution is 2.27. The van der Waals surface area contributed by atoms with Gasteiger partial charge in [0.25, 0.3) is 5.91 Å². The summed E-state index contributed by atoms with van der Waals surface area (Å²) < 4.78 is 0. The number of amidine groups is 1. The number of benzene rings is 2. The molecule has 2 aromatic rings. The predicted molar refractivity (Wildman–Crippen MR) is 108 cm³/mol. The van der Waals surface area contributed by atoms with E-state index in [0.29, 0.717) is 16.5 Å². The number of aliphatic imine (C=N–C) groups is 1. The molecule has 1 heterocycles. The molecule has 0 saturated heterocycles. The molecule has 3 rings (SSSR count). The van der Waals surface area contributed by atoms with E-state index in [0.717, 1.165) is 7.28 Å². The standard InChI is InChI=1S/C18H18BN3O3S/c1-19-11-2-4-12(5-3-11)20-16(24)10-15-17(25)22-18(26-15)21-13-6-8-14(23)9-7-13/h2-9,15,19,23H,10H2,1H3,(H,20,24)(H,21,22,25). The van der Waals surface area contributed by atoms with Gasteiger partial charge < -0.3 is 15.7 Å². The number of rotatable bonds is 5. The lowest BCUT2D eigenvalue weighted by Gasteiger charge is -2.09. The Balaban J connectivity index is 1.53. The van der Waals surface area contributed by atoms with Crippen LogP contribution in [0.2, 0.25) is 6.82 Å². The van der Waals surface area contributed by atoms with Gasteiger partial charge in [-0.25, -0.2) is 0 Å². The van der Waals surface area contributed by atoms with Gasteiger partial charge in [-0.3, -0.25) is 9.59 Å². The Hall–Kier alpha value is -2.74. The Morgan fingerprint density at radius 2 is 1.81 bits per heavy atom. The van der Waals surface area contributed by atoms with E-state index < -0.39 is 5.25 Å². The molecule has 0 spiro atoms. The smallest absolute Gasteiger partial charge is 0.262 e. The molecule has 132 valence electrons. The van der Waals surface area contributed by atoms with Gasteiger partial charge in [0, 0.05) is 17.8 Å². The molecular weight excluding hydrogens is 349 g/mol. The average molecular weight is 367 g/mol. The van der Waals surface area contributed by atoms with Gasteiger partial charge in [0.15, 0.2) is 12.4 Å². The van der Waals surface area contributed by atoms with E-state index in [1.165, 1.54) is 17.2 Å². The second kappa shape index (κ2) is 8.10. The Morgan fingerprint density at radius 3 is 2.46 bits per heavy atom. The van der Waals surface area contributed by atoms with Crippen LogP contribution in [0.25, 0.3) is 0 Å². The van der Waals surface area contributed by atoms with Crippen molar-refractivity contribution in [3.63, 3.8) is 0 Å². The van der Waals surface area contributed by atoms with Gasteiger partial charge >= 0.3 is 0 Å². The van der Waals surface area contributed by atoms with Gasteiger partial charge in [-0.2, -0.15) is 4.99 Å². The van der Waals surface area contributed by atoms with Gasteiger partial charge in [-0.05, 0) is 36.4 Å². The molecule has 2 aromatic carbocycles. The second-order valence-electron chi connectivity index (χ2n) is 5.84. The Morgan fingerprint density at radius 1 is 1.15 bits per heavy atom. The van der Waals surface area contributed by atoms with Gasteiger partial charge in [0.05, 0.1) is 0 Å². The maximum absolute atomic E-state index is 12.2. The molecule has 1 aliphatic heterocycles. The molecule has 0 aromatic heterocycles. The maximum Gasteiger partial charge on any atom is 0.262 e. The summed E-state index contributed by atoms with van der Waals surface area (Å²) in [4.78, 5) is 28.2. The Bertz CT molecular complexity index is 838. The fraction of sp³-hybridized carbons (Fsp3) is 0.167. The Labute approximate surface area is 156 Å². The first-order chi connectivity index (χ1) is 12.5. The zero-order valence-electron chi connectivity index (χ0n) is 14.2. The van der Waals surface area contributed by atoms with Crippen molar-refractivity contribution in [3.05, 3.63) is 48.5 Å². The number of hydrogen-bond acceptors (Lipinski definition) is 5. The van der Waals surface area contributed by atoms with Crippen LogP contribution >= 0.6 is 11.8 Å². The minimum atomic E-state index is -0.537. The van der Waals surface area contributed by atoms with Crippen LogP contribution < -0.4 is 16.1 Å². The third-order valence-electron chi connectivity index (χ3n) is 3.88. The highest BCUT2D eigenvalue weighted by atomic mass is 32.2. The molecule has 26 heavy (non-hydrogen) atoms. The van der Waals surface area contributed by atoms with E-state index in [2.05, 4.69) is 22.4 Å². The number of amides is 2. The lowest BCUT2D eigenvalue weighted by atomic mass is 9.73. The molecule has 3 N–H and O–H groups in total. The number of aromatic hydroxyl groups is 1. The maximum atomic E-state index is 12.2.